The Morgan fingerprint density at radius 3 is 2.50 bits per heavy atom. The van der Waals surface area contributed by atoms with Crippen LogP contribution in [0.4, 0.5) is 11.4 Å². The van der Waals surface area contributed by atoms with Crippen molar-refractivity contribution in [2.75, 3.05) is 5.32 Å². The van der Waals surface area contributed by atoms with E-state index < -0.39 is 0 Å². The number of rotatable bonds is 1. The summed E-state index contributed by atoms with van der Waals surface area (Å²) in [7, 11) is 0. The van der Waals surface area contributed by atoms with E-state index in [1.165, 1.54) is 0 Å². The molecule has 2 aromatic rings. The van der Waals surface area contributed by atoms with Gasteiger partial charge in [-0.05, 0) is 24.3 Å². The maximum atomic E-state index is 12.0. The molecule has 20 heavy (non-hydrogen) atoms. The summed E-state index contributed by atoms with van der Waals surface area (Å²) in [5.74, 6) is -0.292. The van der Waals surface area contributed by atoms with Crippen LogP contribution >= 0.6 is 34.8 Å². The predicted octanol–water partition coefficient (Wildman–Crippen LogP) is 4.72. The monoisotopic (exact) mass is 324 g/mol. The quantitative estimate of drug-likeness (QED) is 0.810. The lowest BCUT2D eigenvalue weighted by Crippen LogP contribution is -2.13. The number of para-hydroxylation sites is 1. The summed E-state index contributed by atoms with van der Waals surface area (Å²) in [6, 6.07) is 10.2. The Morgan fingerprint density at radius 2 is 1.75 bits per heavy atom. The first-order valence-corrected chi connectivity index (χ1v) is 6.83. The van der Waals surface area contributed by atoms with Gasteiger partial charge in [0, 0.05) is 5.56 Å². The highest BCUT2D eigenvalue weighted by Gasteiger charge is 2.27. The minimum Gasteiger partial charge on any atom is -0.319 e. The second-order valence-electron chi connectivity index (χ2n) is 4.18. The fraction of sp³-hybridized carbons (Fsp3) is 0. The molecule has 1 N–H and O–H groups in total. The third-order valence-electron chi connectivity index (χ3n) is 2.87. The lowest BCUT2D eigenvalue weighted by molar-refractivity contribution is -0.110. The van der Waals surface area contributed by atoms with Crippen LogP contribution in [0.5, 0.6) is 0 Å². The third kappa shape index (κ3) is 2.29. The molecule has 0 saturated heterocycles. The first-order chi connectivity index (χ1) is 9.56. The van der Waals surface area contributed by atoms with Crippen molar-refractivity contribution >= 4 is 57.8 Å². The summed E-state index contributed by atoms with van der Waals surface area (Å²) in [5, 5.41) is 4.01. The molecule has 0 fully saturated rings. The van der Waals surface area contributed by atoms with E-state index in [4.69, 9.17) is 34.8 Å². The van der Waals surface area contributed by atoms with Gasteiger partial charge >= 0.3 is 0 Å². The number of carbonyl (C=O) groups is 1. The van der Waals surface area contributed by atoms with Crippen molar-refractivity contribution in [1.82, 2.24) is 0 Å². The topological polar surface area (TPSA) is 41.5 Å². The molecule has 0 bridgehead atoms. The summed E-state index contributed by atoms with van der Waals surface area (Å²) in [5.41, 5.74) is 2.12. The maximum absolute atomic E-state index is 12.0. The number of amides is 1. The van der Waals surface area contributed by atoms with Crippen molar-refractivity contribution in [3.63, 3.8) is 0 Å². The van der Waals surface area contributed by atoms with Gasteiger partial charge in [-0.3, -0.25) is 4.79 Å². The molecule has 0 spiro atoms. The van der Waals surface area contributed by atoms with Crippen LogP contribution in [0.1, 0.15) is 5.56 Å². The van der Waals surface area contributed by atoms with Crippen LogP contribution < -0.4 is 5.32 Å². The molecular weight excluding hydrogens is 319 g/mol. The summed E-state index contributed by atoms with van der Waals surface area (Å²) >= 11 is 17.8. The third-order valence-corrected chi connectivity index (χ3v) is 3.92. The number of hydrogen-bond donors (Lipinski definition) is 1. The van der Waals surface area contributed by atoms with E-state index in [1.807, 2.05) is 0 Å². The van der Waals surface area contributed by atoms with Gasteiger partial charge in [0.1, 0.15) is 5.71 Å². The Labute approximate surface area is 130 Å². The summed E-state index contributed by atoms with van der Waals surface area (Å²) in [4.78, 5) is 16.3. The molecule has 0 aliphatic carbocycles. The standard InChI is InChI=1S/C14H7Cl3N2O/c15-9-5-4-7(6-11(9)17)18-13-8-2-1-3-10(16)12(8)19-14(13)20/h1-6H,(H,18,19,20). The zero-order chi connectivity index (χ0) is 14.3. The fourth-order valence-corrected chi connectivity index (χ4v) is 2.45. The van der Waals surface area contributed by atoms with Gasteiger partial charge in [0.2, 0.25) is 0 Å². The van der Waals surface area contributed by atoms with Crippen LogP contribution in [-0.2, 0) is 4.79 Å². The zero-order valence-electron chi connectivity index (χ0n) is 9.95. The highest BCUT2D eigenvalue weighted by Crippen LogP contribution is 2.33. The molecule has 1 heterocycles. The molecule has 0 unspecified atom stereocenters. The average molecular weight is 326 g/mol. The van der Waals surface area contributed by atoms with Gasteiger partial charge in [0.25, 0.3) is 5.91 Å². The molecule has 0 saturated carbocycles. The van der Waals surface area contributed by atoms with Crippen molar-refractivity contribution in [3.8, 4) is 0 Å². The fourth-order valence-electron chi connectivity index (χ4n) is 1.94. The van der Waals surface area contributed by atoms with Crippen molar-refractivity contribution in [3.05, 3.63) is 57.0 Å². The normalized spacial score (nSPS) is 15.3. The second kappa shape index (κ2) is 5.09. The van der Waals surface area contributed by atoms with Crippen molar-refractivity contribution in [2.24, 2.45) is 4.99 Å². The Hall–Kier alpha value is -1.55. The molecule has 6 heteroatoms. The molecule has 3 nitrogen and oxygen atoms in total. The SMILES string of the molecule is O=C1Nc2c(Cl)cccc2C1=Nc1ccc(Cl)c(Cl)c1. The highest BCUT2D eigenvalue weighted by atomic mass is 35.5. The first-order valence-electron chi connectivity index (χ1n) is 5.70. The van der Waals surface area contributed by atoms with Gasteiger partial charge in [-0.2, -0.15) is 0 Å². The van der Waals surface area contributed by atoms with Crippen LogP contribution in [0.25, 0.3) is 0 Å². The van der Waals surface area contributed by atoms with Crippen molar-refractivity contribution in [1.29, 1.82) is 0 Å². The van der Waals surface area contributed by atoms with Crippen LogP contribution in [0.15, 0.2) is 41.4 Å². The highest BCUT2D eigenvalue weighted by molar-refractivity contribution is 6.55. The number of fused-ring (bicyclic) bond motifs is 1. The summed E-state index contributed by atoms with van der Waals surface area (Å²) in [6.45, 7) is 0. The van der Waals surface area contributed by atoms with Crippen LogP contribution in [-0.4, -0.2) is 11.6 Å². The number of halogens is 3. The molecule has 0 atom stereocenters. The molecule has 2 aromatic carbocycles. The van der Waals surface area contributed by atoms with Crippen LogP contribution in [0, 0.1) is 0 Å². The molecule has 1 amide bonds. The van der Waals surface area contributed by atoms with Gasteiger partial charge in [-0.25, -0.2) is 4.99 Å². The number of benzene rings is 2. The lowest BCUT2D eigenvalue weighted by Gasteiger charge is -2.00. The molecule has 3 rings (SSSR count). The first kappa shape index (κ1) is 13.4. The van der Waals surface area contributed by atoms with E-state index in [0.717, 1.165) is 0 Å². The molecule has 100 valence electrons. The zero-order valence-corrected chi connectivity index (χ0v) is 12.2. The van der Waals surface area contributed by atoms with Crippen molar-refractivity contribution in [2.45, 2.75) is 0 Å². The summed E-state index contributed by atoms with van der Waals surface area (Å²) in [6.07, 6.45) is 0. The number of carbonyl (C=O) groups excluding carboxylic acids is 1. The Balaban J connectivity index is 2.11. The van der Waals surface area contributed by atoms with Crippen molar-refractivity contribution < 1.29 is 4.79 Å². The van der Waals surface area contributed by atoms with E-state index in [0.29, 0.717) is 37.7 Å². The molecule has 0 aromatic heterocycles. The predicted molar refractivity (Wildman–Crippen MR) is 82.7 cm³/mol. The molecule has 1 aliphatic rings. The van der Waals surface area contributed by atoms with Gasteiger partial charge in [0.15, 0.2) is 0 Å². The Morgan fingerprint density at radius 1 is 0.950 bits per heavy atom. The average Bonchev–Trinajstić information content (AvgIpc) is 2.73. The van der Waals surface area contributed by atoms with E-state index in [9.17, 15) is 4.79 Å². The number of aliphatic imine (C=N–C) groups is 1. The second-order valence-corrected chi connectivity index (χ2v) is 5.40. The van der Waals surface area contributed by atoms with E-state index in [1.54, 1.807) is 36.4 Å². The molecule has 1 aliphatic heterocycles. The smallest absolute Gasteiger partial charge is 0.275 e. The van der Waals surface area contributed by atoms with E-state index in [2.05, 4.69) is 10.3 Å². The van der Waals surface area contributed by atoms with E-state index >= 15 is 0 Å². The number of nitrogens with zero attached hydrogens (tertiary/aromatic N) is 1. The largest absolute Gasteiger partial charge is 0.319 e. The summed E-state index contributed by atoms with van der Waals surface area (Å²) < 4.78 is 0. The number of anilines is 1. The van der Waals surface area contributed by atoms with Gasteiger partial charge in [-0.1, -0.05) is 46.9 Å². The van der Waals surface area contributed by atoms with Crippen LogP contribution in [0.3, 0.4) is 0 Å². The van der Waals surface area contributed by atoms with Crippen LogP contribution in [0.2, 0.25) is 15.1 Å². The Kier molecular flexibility index (Phi) is 3.42. The maximum Gasteiger partial charge on any atom is 0.275 e. The molecular formula is C14H7Cl3N2O. The molecule has 0 radical (unpaired) electrons. The van der Waals surface area contributed by atoms with Gasteiger partial charge < -0.3 is 5.32 Å². The number of nitrogens with one attached hydrogen (secondary N) is 1. The number of hydrogen-bond acceptors (Lipinski definition) is 2. The van der Waals surface area contributed by atoms with Gasteiger partial charge in [0.05, 0.1) is 26.4 Å². The minimum atomic E-state index is -0.292. The Bertz CT molecular complexity index is 756. The minimum absolute atomic E-state index is 0.292. The lowest BCUT2D eigenvalue weighted by atomic mass is 10.1. The van der Waals surface area contributed by atoms with Gasteiger partial charge in [-0.15, -0.1) is 0 Å². The van der Waals surface area contributed by atoms with E-state index in [-0.39, 0.29) is 5.91 Å².